The first-order chi connectivity index (χ1) is 9.31. The summed E-state index contributed by atoms with van der Waals surface area (Å²) in [4.78, 5) is 4.29. The molecule has 1 unspecified atom stereocenters. The molecule has 1 heterocycles. The maximum absolute atomic E-state index is 5.64. The molecule has 3 heteroatoms. The lowest BCUT2D eigenvalue weighted by Crippen LogP contribution is -2.16. The Balaban J connectivity index is 2.54. The highest BCUT2D eigenvalue weighted by molar-refractivity contribution is 5.26. The van der Waals surface area contributed by atoms with E-state index in [-0.39, 0.29) is 0 Å². The largest absolute Gasteiger partial charge is 0.492 e. The zero-order chi connectivity index (χ0) is 13.9. The molecule has 108 valence electrons. The minimum Gasteiger partial charge on any atom is -0.492 e. The van der Waals surface area contributed by atoms with Gasteiger partial charge in [-0.25, -0.2) is 0 Å². The van der Waals surface area contributed by atoms with Gasteiger partial charge in [-0.15, -0.1) is 0 Å². The molecule has 1 aromatic heterocycles. The number of nitrogens with one attached hydrogen (secondary N) is 1. The van der Waals surface area contributed by atoms with E-state index in [0.717, 1.165) is 25.2 Å². The van der Waals surface area contributed by atoms with Crippen LogP contribution < -0.4 is 10.1 Å². The van der Waals surface area contributed by atoms with Crippen LogP contribution in [0.15, 0.2) is 18.5 Å². The molecular formula is C16H28N2O. The summed E-state index contributed by atoms with van der Waals surface area (Å²) in [5.41, 5.74) is 1.23. The fourth-order valence-corrected chi connectivity index (χ4v) is 2.18. The number of hydrogen-bond donors (Lipinski definition) is 1. The van der Waals surface area contributed by atoms with E-state index in [2.05, 4.69) is 30.2 Å². The standard InChI is InChI=1S/C16H28N2O/c1-4-6-7-8-9-16(17-3)14-11-15(13-18-12-14)19-10-5-2/h11-13,16-17H,4-10H2,1-3H3. The number of rotatable bonds is 10. The molecule has 1 aromatic rings. The van der Waals surface area contributed by atoms with Gasteiger partial charge in [0.1, 0.15) is 5.75 Å². The van der Waals surface area contributed by atoms with Crippen molar-refractivity contribution in [2.45, 2.75) is 58.4 Å². The van der Waals surface area contributed by atoms with Gasteiger partial charge in [-0.05, 0) is 31.5 Å². The molecule has 0 bridgehead atoms. The molecule has 1 N–H and O–H groups in total. The van der Waals surface area contributed by atoms with Crippen LogP contribution in [0.4, 0.5) is 0 Å². The second-order valence-corrected chi connectivity index (χ2v) is 4.99. The van der Waals surface area contributed by atoms with E-state index in [1.165, 1.54) is 31.2 Å². The highest BCUT2D eigenvalue weighted by Gasteiger charge is 2.10. The summed E-state index contributed by atoms with van der Waals surface area (Å²) in [5, 5.41) is 3.38. The summed E-state index contributed by atoms with van der Waals surface area (Å²) < 4.78 is 5.64. The predicted octanol–water partition coefficient (Wildman–Crippen LogP) is 4.10. The van der Waals surface area contributed by atoms with Crippen LogP contribution in [0.2, 0.25) is 0 Å². The van der Waals surface area contributed by atoms with Crippen LogP contribution in [0, 0.1) is 0 Å². The first-order valence-electron chi connectivity index (χ1n) is 7.56. The fraction of sp³-hybridized carbons (Fsp3) is 0.688. The highest BCUT2D eigenvalue weighted by atomic mass is 16.5. The van der Waals surface area contributed by atoms with Crippen molar-refractivity contribution in [1.29, 1.82) is 0 Å². The second-order valence-electron chi connectivity index (χ2n) is 4.99. The number of aromatic nitrogens is 1. The molecule has 0 saturated carbocycles. The summed E-state index contributed by atoms with van der Waals surface area (Å²) in [6.45, 7) is 5.11. The second kappa shape index (κ2) is 9.79. The summed E-state index contributed by atoms with van der Waals surface area (Å²) >= 11 is 0. The van der Waals surface area contributed by atoms with Crippen LogP contribution in [0.3, 0.4) is 0 Å². The summed E-state index contributed by atoms with van der Waals surface area (Å²) in [6.07, 6.45) is 11.1. The molecule has 0 aliphatic heterocycles. The van der Waals surface area contributed by atoms with E-state index in [0.29, 0.717) is 6.04 Å². The van der Waals surface area contributed by atoms with E-state index in [1.807, 2.05) is 13.2 Å². The molecule has 0 radical (unpaired) electrons. The molecule has 0 spiro atoms. The van der Waals surface area contributed by atoms with Gasteiger partial charge in [-0.2, -0.15) is 0 Å². The van der Waals surface area contributed by atoms with Crippen LogP contribution in [0.5, 0.6) is 5.75 Å². The van der Waals surface area contributed by atoms with Crippen LogP contribution in [0.25, 0.3) is 0 Å². The topological polar surface area (TPSA) is 34.2 Å². The lowest BCUT2D eigenvalue weighted by Gasteiger charge is -2.17. The van der Waals surface area contributed by atoms with Crippen molar-refractivity contribution in [3.63, 3.8) is 0 Å². The van der Waals surface area contributed by atoms with Crippen molar-refractivity contribution in [2.75, 3.05) is 13.7 Å². The number of pyridine rings is 1. The molecule has 3 nitrogen and oxygen atoms in total. The van der Waals surface area contributed by atoms with Gasteiger partial charge in [0.2, 0.25) is 0 Å². The normalized spacial score (nSPS) is 12.4. The number of hydrogen-bond acceptors (Lipinski definition) is 3. The molecule has 1 atom stereocenters. The minimum atomic E-state index is 0.384. The van der Waals surface area contributed by atoms with Gasteiger partial charge in [0.05, 0.1) is 12.8 Å². The van der Waals surface area contributed by atoms with Gasteiger partial charge in [-0.1, -0.05) is 39.5 Å². The number of nitrogens with zero attached hydrogens (tertiary/aromatic N) is 1. The van der Waals surface area contributed by atoms with E-state index in [9.17, 15) is 0 Å². The van der Waals surface area contributed by atoms with Gasteiger partial charge in [0.15, 0.2) is 0 Å². The smallest absolute Gasteiger partial charge is 0.137 e. The van der Waals surface area contributed by atoms with E-state index in [4.69, 9.17) is 4.74 Å². The molecule has 0 aliphatic carbocycles. The number of unbranched alkanes of at least 4 members (excludes halogenated alkanes) is 3. The molecule has 19 heavy (non-hydrogen) atoms. The molecule has 0 aromatic carbocycles. The Hall–Kier alpha value is -1.09. The third-order valence-corrected chi connectivity index (χ3v) is 3.30. The molecule has 1 rings (SSSR count). The maximum atomic E-state index is 5.64. The van der Waals surface area contributed by atoms with Crippen molar-refractivity contribution < 1.29 is 4.74 Å². The molecule has 0 amide bonds. The third-order valence-electron chi connectivity index (χ3n) is 3.30. The first-order valence-corrected chi connectivity index (χ1v) is 7.56. The maximum Gasteiger partial charge on any atom is 0.137 e. The monoisotopic (exact) mass is 264 g/mol. The summed E-state index contributed by atoms with van der Waals surface area (Å²) in [6, 6.07) is 2.50. The summed E-state index contributed by atoms with van der Waals surface area (Å²) in [5.74, 6) is 0.883. The zero-order valence-corrected chi connectivity index (χ0v) is 12.6. The molecule has 0 saturated heterocycles. The van der Waals surface area contributed by atoms with Crippen molar-refractivity contribution in [1.82, 2.24) is 10.3 Å². The molecular weight excluding hydrogens is 236 g/mol. The third kappa shape index (κ3) is 6.06. The lowest BCUT2D eigenvalue weighted by molar-refractivity contribution is 0.315. The molecule has 0 aliphatic rings. The minimum absolute atomic E-state index is 0.384. The van der Waals surface area contributed by atoms with Gasteiger partial charge in [-0.3, -0.25) is 4.98 Å². The zero-order valence-electron chi connectivity index (χ0n) is 12.6. The quantitative estimate of drug-likeness (QED) is 0.646. The Morgan fingerprint density at radius 2 is 2.00 bits per heavy atom. The van der Waals surface area contributed by atoms with Gasteiger partial charge in [0.25, 0.3) is 0 Å². The van der Waals surface area contributed by atoms with Crippen LogP contribution in [-0.2, 0) is 0 Å². The van der Waals surface area contributed by atoms with Crippen molar-refractivity contribution in [3.8, 4) is 5.75 Å². The van der Waals surface area contributed by atoms with Crippen LogP contribution in [-0.4, -0.2) is 18.6 Å². The highest BCUT2D eigenvalue weighted by Crippen LogP contribution is 2.22. The van der Waals surface area contributed by atoms with Crippen molar-refractivity contribution in [3.05, 3.63) is 24.0 Å². The van der Waals surface area contributed by atoms with Gasteiger partial charge < -0.3 is 10.1 Å². The fourth-order valence-electron chi connectivity index (χ4n) is 2.18. The SMILES string of the molecule is CCCCCCC(NC)c1cncc(OCCC)c1. The van der Waals surface area contributed by atoms with E-state index < -0.39 is 0 Å². The lowest BCUT2D eigenvalue weighted by atomic mass is 10.0. The Morgan fingerprint density at radius 1 is 1.16 bits per heavy atom. The van der Waals surface area contributed by atoms with Crippen LogP contribution in [0.1, 0.15) is 64.0 Å². The Bertz CT molecular complexity index is 341. The average Bonchev–Trinajstić information content (AvgIpc) is 2.45. The van der Waals surface area contributed by atoms with Gasteiger partial charge >= 0.3 is 0 Å². The van der Waals surface area contributed by atoms with E-state index >= 15 is 0 Å². The van der Waals surface area contributed by atoms with Gasteiger partial charge in [0, 0.05) is 12.2 Å². The van der Waals surface area contributed by atoms with Crippen molar-refractivity contribution in [2.24, 2.45) is 0 Å². The Labute approximate surface area is 117 Å². The number of ether oxygens (including phenoxy) is 1. The molecule has 0 fully saturated rings. The van der Waals surface area contributed by atoms with Crippen LogP contribution >= 0.6 is 0 Å². The van der Waals surface area contributed by atoms with E-state index in [1.54, 1.807) is 6.20 Å². The Morgan fingerprint density at radius 3 is 2.68 bits per heavy atom. The predicted molar refractivity (Wildman–Crippen MR) is 80.6 cm³/mol. The summed E-state index contributed by atoms with van der Waals surface area (Å²) in [7, 11) is 2.02. The Kier molecular flexibility index (Phi) is 8.23. The average molecular weight is 264 g/mol. The first kappa shape index (κ1) is 16.0. The van der Waals surface area contributed by atoms with Crippen molar-refractivity contribution >= 4 is 0 Å².